The van der Waals surface area contributed by atoms with E-state index in [1.54, 1.807) is 18.2 Å². The lowest BCUT2D eigenvalue weighted by atomic mass is 10.1. The standard InChI is InChI=1S/C16H15NO3S/c1-10-5-11(2)17-16(6-10)21-8-13(18)12-3-4-14-15(7-12)20-9-19-14/h3-7H,8-9H2,1-2H3. The average Bonchev–Trinajstić information content (AvgIpc) is 2.91. The normalized spacial score (nSPS) is 12.5. The van der Waals surface area contributed by atoms with E-state index in [1.165, 1.54) is 11.8 Å². The summed E-state index contributed by atoms with van der Waals surface area (Å²) in [6.07, 6.45) is 0. The van der Waals surface area contributed by atoms with Gasteiger partial charge in [-0.1, -0.05) is 11.8 Å². The Morgan fingerprint density at radius 3 is 2.81 bits per heavy atom. The van der Waals surface area contributed by atoms with E-state index in [9.17, 15) is 4.79 Å². The summed E-state index contributed by atoms with van der Waals surface area (Å²) >= 11 is 1.45. The van der Waals surface area contributed by atoms with Gasteiger partial charge in [-0.2, -0.15) is 0 Å². The van der Waals surface area contributed by atoms with E-state index in [0.29, 0.717) is 22.8 Å². The second kappa shape index (κ2) is 5.77. The van der Waals surface area contributed by atoms with Crippen molar-refractivity contribution >= 4 is 17.5 Å². The lowest BCUT2D eigenvalue weighted by Gasteiger charge is -2.04. The Morgan fingerprint density at radius 1 is 1.19 bits per heavy atom. The van der Waals surface area contributed by atoms with Crippen LogP contribution < -0.4 is 9.47 Å². The summed E-state index contributed by atoms with van der Waals surface area (Å²) in [5, 5.41) is 0.876. The number of rotatable bonds is 4. The minimum Gasteiger partial charge on any atom is -0.454 e. The van der Waals surface area contributed by atoms with E-state index in [0.717, 1.165) is 16.3 Å². The van der Waals surface area contributed by atoms with Gasteiger partial charge in [0.1, 0.15) is 0 Å². The number of ketones is 1. The number of nitrogens with zero attached hydrogens (tertiary/aromatic N) is 1. The number of hydrogen-bond donors (Lipinski definition) is 0. The molecule has 0 amide bonds. The van der Waals surface area contributed by atoms with Gasteiger partial charge < -0.3 is 9.47 Å². The highest BCUT2D eigenvalue weighted by Crippen LogP contribution is 2.33. The number of thioether (sulfide) groups is 1. The first-order valence-corrected chi connectivity index (χ1v) is 7.61. The Hall–Kier alpha value is -2.01. The highest BCUT2D eigenvalue weighted by atomic mass is 32.2. The van der Waals surface area contributed by atoms with Crippen molar-refractivity contribution in [3.05, 3.63) is 47.2 Å². The Balaban J connectivity index is 1.69. The first-order chi connectivity index (χ1) is 10.1. The predicted octanol–water partition coefficient (Wildman–Crippen LogP) is 3.40. The fourth-order valence-corrected chi connectivity index (χ4v) is 3.09. The van der Waals surface area contributed by atoms with Crippen LogP contribution in [0.5, 0.6) is 11.5 Å². The van der Waals surface area contributed by atoms with Crippen molar-refractivity contribution in [3.63, 3.8) is 0 Å². The molecule has 1 aromatic heterocycles. The smallest absolute Gasteiger partial charge is 0.231 e. The van der Waals surface area contributed by atoms with Crippen LogP contribution in [0.1, 0.15) is 21.6 Å². The van der Waals surface area contributed by atoms with E-state index < -0.39 is 0 Å². The summed E-state index contributed by atoms with van der Waals surface area (Å²) < 4.78 is 10.5. The molecule has 0 spiro atoms. The van der Waals surface area contributed by atoms with E-state index in [2.05, 4.69) is 4.98 Å². The van der Waals surface area contributed by atoms with Crippen molar-refractivity contribution in [1.82, 2.24) is 4.98 Å². The number of benzene rings is 1. The zero-order chi connectivity index (χ0) is 14.8. The highest BCUT2D eigenvalue weighted by Gasteiger charge is 2.16. The number of pyridine rings is 1. The predicted molar refractivity (Wildman–Crippen MR) is 81.3 cm³/mol. The molecule has 1 aromatic carbocycles. The van der Waals surface area contributed by atoms with Gasteiger partial charge in [-0.05, 0) is 49.7 Å². The van der Waals surface area contributed by atoms with Crippen molar-refractivity contribution < 1.29 is 14.3 Å². The number of carbonyl (C=O) groups excluding carboxylic acids is 1. The van der Waals surface area contributed by atoms with Crippen LogP contribution in [0.3, 0.4) is 0 Å². The second-order valence-electron chi connectivity index (χ2n) is 4.90. The topological polar surface area (TPSA) is 48.4 Å². The summed E-state index contributed by atoms with van der Waals surface area (Å²) in [6, 6.07) is 9.29. The number of Topliss-reactive ketones (excluding diaryl/α,β-unsaturated/α-hetero) is 1. The summed E-state index contributed by atoms with van der Waals surface area (Å²) in [6.45, 7) is 4.20. The highest BCUT2D eigenvalue weighted by molar-refractivity contribution is 7.99. The molecule has 1 aliphatic rings. The molecule has 108 valence electrons. The lowest BCUT2D eigenvalue weighted by Crippen LogP contribution is -2.02. The van der Waals surface area contributed by atoms with Crippen LogP contribution in [0, 0.1) is 13.8 Å². The average molecular weight is 301 g/mol. The summed E-state index contributed by atoms with van der Waals surface area (Å²) in [5.41, 5.74) is 2.75. The van der Waals surface area contributed by atoms with Crippen molar-refractivity contribution in [2.75, 3.05) is 12.5 Å². The molecule has 21 heavy (non-hydrogen) atoms. The maximum Gasteiger partial charge on any atom is 0.231 e. The third kappa shape index (κ3) is 3.19. The van der Waals surface area contributed by atoms with Gasteiger partial charge in [0, 0.05) is 11.3 Å². The van der Waals surface area contributed by atoms with Crippen LogP contribution in [0.15, 0.2) is 35.4 Å². The maximum absolute atomic E-state index is 12.2. The van der Waals surface area contributed by atoms with E-state index in [4.69, 9.17) is 9.47 Å². The van der Waals surface area contributed by atoms with Crippen LogP contribution in [-0.4, -0.2) is 23.3 Å². The molecule has 1 aliphatic heterocycles. The van der Waals surface area contributed by atoms with Crippen molar-refractivity contribution in [1.29, 1.82) is 0 Å². The number of aryl methyl sites for hydroxylation is 2. The molecule has 2 aromatic rings. The van der Waals surface area contributed by atoms with Gasteiger partial charge in [-0.25, -0.2) is 4.98 Å². The first-order valence-electron chi connectivity index (χ1n) is 6.63. The molecule has 0 radical (unpaired) electrons. The molecule has 3 rings (SSSR count). The van der Waals surface area contributed by atoms with E-state index in [1.807, 2.05) is 26.0 Å². The van der Waals surface area contributed by atoms with E-state index >= 15 is 0 Å². The number of carbonyl (C=O) groups is 1. The zero-order valence-electron chi connectivity index (χ0n) is 11.9. The Labute approximate surface area is 127 Å². The van der Waals surface area contributed by atoms with Gasteiger partial charge in [-0.15, -0.1) is 0 Å². The van der Waals surface area contributed by atoms with Gasteiger partial charge in [0.15, 0.2) is 17.3 Å². The van der Waals surface area contributed by atoms with Crippen LogP contribution in [0.25, 0.3) is 0 Å². The molecule has 0 N–H and O–H groups in total. The third-order valence-corrected chi connectivity index (χ3v) is 4.03. The van der Waals surface area contributed by atoms with Crippen LogP contribution >= 0.6 is 11.8 Å². The van der Waals surface area contributed by atoms with Crippen LogP contribution in [-0.2, 0) is 0 Å². The molecule has 0 saturated carbocycles. The van der Waals surface area contributed by atoms with Crippen LogP contribution in [0.2, 0.25) is 0 Å². The van der Waals surface area contributed by atoms with Gasteiger partial charge in [0.25, 0.3) is 0 Å². The first kappa shape index (κ1) is 13.9. The fourth-order valence-electron chi connectivity index (χ4n) is 2.17. The zero-order valence-corrected chi connectivity index (χ0v) is 12.7. The molecule has 0 fully saturated rings. The maximum atomic E-state index is 12.2. The Bertz CT molecular complexity index is 680. The number of fused-ring (bicyclic) bond motifs is 1. The van der Waals surface area contributed by atoms with Crippen LogP contribution in [0.4, 0.5) is 0 Å². The van der Waals surface area contributed by atoms with Crippen molar-refractivity contribution in [2.45, 2.75) is 18.9 Å². The Morgan fingerprint density at radius 2 is 2.00 bits per heavy atom. The third-order valence-electron chi connectivity index (χ3n) is 3.12. The molecule has 0 saturated heterocycles. The summed E-state index contributed by atoms with van der Waals surface area (Å²) in [4.78, 5) is 16.7. The lowest BCUT2D eigenvalue weighted by molar-refractivity contribution is 0.102. The van der Waals surface area contributed by atoms with Gasteiger partial charge in [-0.3, -0.25) is 4.79 Å². The summed E-state index contributed by atoms with van der Waals surface area (Å²) in [7, 11) is 0. The quantitative estimate of drug-likeness (QED) is 0.640. The molecular formula is C16H15NO3S. The molecule has 0 unspecified atom stereocenters. The minimum atomic E-state index is 0.0549. The monoisotopic (exact) mass is 301 g/mol. The molecule has 2 heterocycles. The fraction of sp³-hybridized carbons (Fsp3) is 0.250. The minimum absolute atomic E-state index is 0.0549. The molecule has 0 atom stereocenters. The molecule has 0 aliphatic carbocycles. The SMILES string of the molecule is Cc1cc(C)nc(SCC(=O)c2ccc3c(c2)OCO3)c1. The number of ether oxygens (including phenoxy) is 2. The van der Waals surface area contributed by atoms with Crippen molar-refractivity contribution in [2.24, 2.45) is 0 Å². The molecule has 0 bridgehead atoms. The van der Waals surface area contributed by atoms with Gasteiger partial charge in [0.05, 0.1) is 10.8 Å². The number of hydrogen-bond acceptors (Lipinski definition) is 5. The van der Waals surface area contributed by atoms with Crippen molar-refractivity contribution in [3.8, 4) is 11.5 Å². The molecule has 5 heteroatoms. The van der Waals surface area contributed by atoms with E-state index in [-0.39, 0.29) is 12.6 Å². The molecule has 4 nitrogen and oxygen atoms in total. The molecular weight excluding hydrogens is 286 g/mol. The Kier molecular flexibility index (Phi) is 3.84. The van der Waals surface area contributed by atoms with Gasteiger partial charge >= 0.3 is 0 Å². The largest absolute Gasteiger partial charge is 0.454 e. The number of aromatic nitrogens is 1. The summed E-state index contributed by atoms with van der Waals surface area (Å²) in [5.74, 6) is 1.74. The second-order valence-corrected chi connectivity index (χ2v) is 5.90. The van der Waals surface area contributed by atoms with Gasteiger partial charge in [0.2, 0.25) is 6.79 Å².